The Bertz CT molecular complexity index is 684. The molecule has 25 heavy (non-hydrogen) atoms. The van der Waals surface area contributed by atoms with Crippen molar-refractivity contribution in [1.29, 1.82) is 0 Å². The number of alkyl carbamates (subject to hydrolysis) is 1. The number of benzene rings is 1. The van der Waals surface area contributed by atoms with Crippen LogP contribution in [0.15, 0.2) is 41.7 Å². The van der Waals surface area contributed by atoms with Gasteiger partial charge in [-0.25, -0.2) is 4.79 Å². The molecule has 0 heterocycles. The van der Waals surface area contributed by atoms with Crippen LogP contribution in [0.5, 0.6) is 0 Å². The van der Waals surface area contributed by atoms with E-state index in [0.717, 1.165) is 5.56 Å². The van der Waals surface area contributed by atoms with Gasteiger partial charge in [-0.15, -0.1) is 0 Å². The standard InChI is InChI=1S/C19H23NO5/c1-12(20-18(24)25-11-13-7-5-4-6-8-13)17(23)16-14(21)9-19(2,3)10-15(16)22/h4-8,12,23H,9-11H2,1-3H3,(H,20,24). The molecule has 0 bridgehead atoms. The second-order valence-electron chi connectivity index (χ2n) is 7.05. The molecule has 134 valence electrons. The third kappa shape index (κ3) is 4.92. The number of hydrogen-bond donors (Lipinski definition) is 2. The van der Waals surface area contributed by atoms with Crippen molar-refractivity contribution in [2.24, 2.45) is 5.41 Å². The van der Waals surface area contributed by atoms with E-state index in [9.17, 15) is 19.5 Å². The van der Waals surface area contributed by atoms with Crippen LogP contribution in [-0.4, -0.2) is 28.8 Å². The van der Waals surface area contributed by atoms with Crippen LogP contribution in [-0.2, 0) is 20.9 Å². The highest BCUT2D eigenvalue weighted by molar-refractivity contribution is 6.22. The predicted octanol–water partition coefficient (Wildman–Crippen LogP) is 3.07. The Morgan fingerprint density at radius 1 is 1.20 bits per heavy atom. The number of aliphatic hydroxyl groups excluding tert-OH is 1. The number of allylic oxidation sites excluding steroid dienone is 1. The fourth-order valence-corrected chi connectivity index (χ4v) is 2.78. The van der Waals surface area contributed by atoms with Gasteiger partial charge in [0.15, 0.2) is 11.6 Å². The summed E-state index contributed by atoms with van der Waals surface area (Å²) in [5.41, 5.74) is 0.200. The Hall–Kier alpha value is -2.63. The van der Waals surface area contributed by atoms with E-state index < -0.39 is 34.9 Å². The zero-order valence-electron chi connectivity index (χ0n) is 14.7. The first-order chi connectivity index (χ1) is 11.7. The van der Waals surface area contributed by atoms with E-state index in [1.807, 2.05) is 44.2 Å². The number of ether oxygens (including phenoxy) is 1. The fraction of sp³-hybridized carbons (Fsp3) is 0.421. The van der Waals surface area contributed by atoms with Crippen LogP contribution in [0.25, 0.3) is 0 Å². The van der Waals surface area contributed by atoms with Crippen molar-refractivity contribution >= 4 is 17.7 Å². The number of hydrogen-bond acceptors (Lipinski definition) is 5. The van der Waals surface area contributed by atoms with Crippen molar-refractivity contribution in [2.75, 3.05) is 0 Å². The molecule has 0 spiro atoms. The minimum Gasteiger partial charge on any atom is -0.509 e. The van der Waals surface area contributed by atoms with Crippen LogP contribution in [0.3, 0.4) is 0 Å². The molecule has 0 aromatic heterocycles. The SMILES string of the molecule is CC(NC(=O)OCc1ccccc1)C(O)=C1C(=O)CC(C)(C)CC1=O. The number of Topliss-reactive ketones (excluding diaryl/α,β-unsaturated/α-hetero) is 2. The topological polar surface area (TPSA) is 92.7 Å². The van der Waals surface area contributed by atoms with E-state index in [2.05, 4.69) is 5.32 Å². The number of carbonyl (C=O) groups is 3. The van der Waals surface area contributed by atoms with Crippen molar-refractivity contribution in [3.63, 3.8) is 0 Å². The molecule has 1 aliphatic rings. The lowest BCUT2D eigenvalue weighted by Gasteiger charge is -2.29. The first-order valence-corrected chi connectivity index (χ1v) is 8.16. The second kappa shape index (κ2) is 7.51. The maximum Gasteiger partial charge on any atom is 0.408 e. The van der Waals surface area contributed by atoms with Crippen molar-refractivity contribution < 1.29 is 24.2 Å². The molecular weight excluding hydrogens is 322 g/mol. The van der Waals surface area contributed by atoms with E-state index in [0.29, 0.717) is 0 Å². The van der Waals surface area contributed by atoms with Gasteiger partial charge in [0.2, 0.25) is 0 Å². The zero-order chi connectivity index (χ0) is 18.6. The molecule has 6 nitrogen and oxygen atoms in total. The number of aliphatic hydroxyl groups is 1. The largest absolute Gasteiger partial charge is 0.509 e. The van der Waals surface area contributed by atoms with Gasteiger partial charge in [0.05, 0.1) is 6.04 Å². The molecule has 0 aliphatic heterocycles. The van der Waals surface area contributed by atoms with Gasteiger partial charge in [-0.3, -0.25) is 9.59 Å². The Labute approximate surface area is 146 Å². The Morgan fingerprint density at radius 3 is 2.32 bits per heavy atom. The predicted molar refractivity (Wildman–Crippen MR) is 91.9 cm³/mol. The molecule has 2 N–H and O–H groups in total. The number of ketones is 2. The van der Waals surface area contributed by atoms with Gasteiger partial charge in [-0.1, -0.05) is 44.2 Å². The van der Waals surface area contributed by atoms with E-state index in [1.165, 1.54) is 6.92 Å². The molecule has 1 aromatic rings. The maximum atomic E-state index is 12.2. The first kappa shape index (κ1) is 18.7. The van der Waals surface area contributed by atoms with E-state index in [-0.39, 0.29) is 25.0 Å². The highest BCUT2D eigenvalue weighted by Gasteiger charge is 2.38. The van der Waals surface area contributed by atoms with E-state index in [4.69, 9.17) is 4.74 Å². The molecule has 0 radical (unpaired) electrons. The van der Waals surface area contributed by atoms with Gasteiger partial charge >= 0.3 is 6.09 Å². The lowest BCUT2D eigenvalue weighted by atomic mass is 9.73. The van der Waals surface area contributed by atoms with Crippen molar-refractivity contribution in [1.82, 2.24) is 5.32 Å². The molecular formula is C19H23NO5. The third-order valence-electron chi connectivity index (χ3n) is 4.05. The van der Waals surface area contributed by atoms with Gasteiger partial charge in [0.25, 0.3) is 0 Å². The molecule has 2 rings (SSSR count). The highest BCUT2D eigenvalue weighted by atomic mass is 16.5. The summed E-state index contributed by atoms with van der Waals surface area (Å²) >= 11 is 0. The molecule has 1 atom stereocenters. The third-order valence-corrected chi connectivity index (χ3v) is 4.05. The van der Waals surface area contributed by atoms with Crippen LogP contribution < -0.4 is 5.32 Å². The summed E-state index contributed by atoms with van der Waals surface area (Å²) in [6.45, 7) is 5.24. The van der Waals surface area contributed by atoms with Gasteiger partial charge < -0.3 is 15.2 Å². The average Bonchev–Trinajstić information content (AvgIpc) is 2.51. The maximum absolute atomic E-state index is 12.2. The van der Waals surface area contributed by atoms with E-state index >= 15 is 0 Å². The summed E-state index contributed by atoms with van der Waals surface area (Å²) in [5.74, 6) is -1.21. The molecule has 0 saturated heterocycles. The van der Waals surface area contributed by atoms with Crippen LogP contribution in [0, 0.1) is 5.41 Å². The smallest absolute Gasteiger partial charge is 0.408 e. The molecule has 1 saturated carbocycles. The lowest BCUT2D eigenvalue weighted by Crippen LogP contribution is -2.38. The minimum absolute atomic E-state index is 0.0861. The van der Waals surface area contributed by atoms with Crippen LogP contribution in [0.1, 0.15) is 39.2 Å². The highest BCUT2D eigenvalue weighted by Crippen LogP contribution is 2.34. The summed E-state index contributed by atoms with van der Waals surface area (Å²) in [6.07, 6.45) is -0.369. The number of amides is 1. The summed E-state index contributed by atoms with van der Waals surface area (Å²) in [7, 11) is 0. The average molecular weight is 345 g/mol. The molecule has 1 amide bonds. The summed E-state index contributed by atoms with van der Waals surface area (Å²) in [5, 5.41) is 12.7. The van der Waals surface area contributed by atoms with Crippen LogP contribution in [0.2, 0.25) is 0 Å². The van der Waals surface area contributed by atoms with Crippen LogP contribution >= 0.6 is 0 Å². The van der Waals surface area contributed by atoms with Crippen LogP contribution in [0.4, 0.5) is 4.79 Å². The fourth-order valence-electron chi connectivity index (χ4n) is 2.78. The number of rotatable bonds is 4. The van der Waals surface area contributed by atoms with Gasteiger partial charge in [0, 0.05) is 12.8 Å². The summed E-state index contributed by atoms with van der Waals surface area (Å²) in [6, 6.07) is 8.26. The van der Waals surface area contributed by atoms with Crippen molar-refractivity contribution in [3.8, 4) is 0 Å². The van der Waals surface area contributed by atoms with E-state index in [1.54, 1.807) is 0 Å². The Morgan fingerprint density at radius 2 is 1.76 bits per heavy atom. The normalized spacial score (nSPS) is 17.8. The monoisotopic (exact) mass is 345 g/mol. The molecule has 1 unspecified atom stereocenters. The second-order valence-corrected chi connectivity index (χ2v) is 7.05. The minimum atomic E-state index is -0.896. The van der Waals surface area contributed by atoms with Crippen molar-refractivity contribution in [3.05, 3.63) is 47.2 Å². The Kier molecular flexibility index (Phi) is 5.62. The zero-order valence-corrected chi connectivity index (χ0v) is 14.7. The number of carbonyl (C=O) groups excluding carboxylic acids is 3. The number of nitrogens with one attached hydrogen (secondary N) is 1. The molecule has 1 fully saturated rings. The lowest BCUT2D eigenvalue weighted by molar-refractivity contribution is -0.127. The molecule has 1 aromatic carbocycles. The van der Waals surface area contributed by atoms with Gasteiger partial charge in [0.1, 0.15) is 17.9 Å². The first-order valence-electron chi connectivity index (χ1n) is 8.16. The van der Waals surface area contributed by atoms with Crippen molar-refractivity contribution in [2.45, 2.75) is 46.3 Å². The summed E-state index contributed by atoms with van der Waals surface area (Å²) < 4.78 is 5.07. The molecule has 1 aliphatic carbocycles. The van der Waals surface area contributed by atoms with Gasteiger partial charge in [-0.05, 0) is 17.9 Å². The quantitative estimate of drug-likeness (QED) is 0.497. The van der Waals surface area contributed by atoms with Gasteiger partial charge in [-0.2, -0.15) is 0 Å². The summed E-state index contributed by atoms with van der Waals surface area (Å²) in [4.78, 5) is 36.2. The Balaban J connectivity index is 1.99. The molecule has 6 heteroatoms.